The molecule has 3 aromatic carbocycles. The topological polar surface area (TPSA) is 114 Å². The van der Waals surface area contributed by atoms with Crippen LogP contribution in [0.25, 0.3) is 17.0 Å². The van der Waals surface area contributed by atoms with Crippen LogP contribution in [-0.2, 0) is 20.1 Å². The largest absolute Gasteiger partial charge is 0.348 e. The zero-order valence-corrected chi connectivity index (χ0v) is 24.9. The Hall–Kier alpha value is -5.49. The van der Waals surface area contributed by atoms with Crippen molar-refractivity contribution in [3.05, 3.63) is 134 Å². The van der Waals surface area contributed by atoms with Gasteiger partial charge in [-0.2, -0.15) is 0 Å². The van der Waals surface area contributed by atoms with Crippen LogP contribution in [0, 0.1) is 11.6 Å². The van der Waals surface area contributed by atoms with Crippen molar-refractivity contribution in [2.75, 3.05) is 26.0 Å². The summed E-state index contributed by atoms with van der Waals surface area (Å²) in [6.45, 7) is 0.641. The molecule has 0 saturated heterocycles. The van der Waals surface area contributed by atoms with Crippen LogP contribution < -0.4 is 21.9 Å². The maximum Gasteiger partial charge on any atom is 0.331 e. The van der Waals surface area contributed by atoms with Crippen LogP contribution in [0.5, 0.6) is 0 Å². The second kappa shape index (κ2) is 13.4. The van der Waals surface area contributed by atoms with Crippen molar-refractivity contribution >= 4 is 34.5 Å². The number of hydrogen-bond donors (Lipinski definition) is 2. The van der Waals surface area contributed by atoms with Gasteiger partial charge in [-0.05, 0) is 67.2 Å². The number of fused-ring (bicyclic) bond motifs is 1. The van der Waals surface area contributed by atoms with E-state index in [1.54, 1.807) is 12.3 Å². The fourth-order valence-electron chi connectivity index (χ4n) is 4.69. The molecule has 1 amide bonds. The van der Waals surface area contributed by atoms with E-state index in [2.05, 4.69) is 37.6 Å². The number of amides is 1. The number of aryl methyl sites for hydroxylation is 1. The first kappa shape index (κ1) is 31.0. The van der Waals surface area contributed by atoms with Gasteiger partial charge in [0.05, 0.1) is 12.1 Å². The molecule has 2 heterocycles. The van der Waals surface area contributed by atoms with Crippen LogP contribution in [0.3, 0.4) is 0 Å². The molecule has 10 nitrogen and oxygen atoms in total. The van der Waals surface area contributed by atoms with Crippen LogP contribution in [0.15, 0.2) is 88.7 Å². The Balaban J connectivity index is 1.22. The van der Waals surface area contributed by atoms with Gasteiger partial charge in [0.1, 0.15) is 5.56 Å². The fraction of sp³-hybridized carbons (Fsp3) is 0.182. The van der Waals surface area contributed by atoms with Gasteiger partial charge in [-0.15, -0.1) is 0 Å². The minimum Gasteiger partial charge on any atom is -0.348 e. The number of carbonyl (C=O) groups excluding carboxylic acids is 1. The number of nitrogens with one attached hydrogen (secondary N) is 2. The lowest BCUT2D eigenvalue weighted by atomic mass is 10.1. The van der Waals surface area contributed by atoms with E-state index in [0.717, 1.165) is 56.2 Å². The van der Waals surface area contributed by atoms with Gasteiger partial charge in [0.2, 0.25) is 5.95 Å². The lowest BCUT2D eigenvalue weighted by molar-refractivity contribution is 0.0954. The highest BCUT2D eigenvalue weighted by Crippen LogP contribution is 2.19. The molecule has 0 aliphatic carbocycles. The maximum absolute atomic E-state index is 13.6. The van der Waals surface area contributed by atoms with Crippen molar-refractivity contribution in [1.82, 2.24) is 29.3 Å². The van der Waals surface area contributed by atoms with Crippen molar-refractivity contribution in [2.45, 2.75) is 13.1 Å². The smallest absolute Gasteiger partial charge is 0.331 e. The molecule has 0 radical (unpaired) electrons. The third-order valence-corrected chi connectivity index (χ3v) is 6.90. The molecule has 0 spiro atoms. The van der Waals surface area contributed by atoms with Crippen LogP contribution in [0.4, 0.5) is 20.4 Å². The lowest BCUT2D eigenvalue weighted by Gasteiger charge is -2.11. The van der Waals surface area contributed by atoms with Crippen LogP contribution in [0.1, 0.15) is 27.0 Å². The standard InChI is InChI=1S/C33H31F2N7O3/c1-40(2)18-22-6-10-25(11-7-22)38-32-37-17-24-15-21(9-13-29(24)39-32)5-4-14-36-30(43)26-20-41(3)33(45)42(31(26)44)19-23-8-12-27(34)28(35)16-23/h4-13,15-17,20H,14,18-19H2,1-3H3,(H,36,43)(H,37,38,39)/b5-4+. The van der Waals surface area contributed by atoms with Crippen molar-refractivity contribution in [3.63, 3.8) is 0 Å². The van der Waals surface area contributed by atoms with Gasteiger partial charge in [0.25, 0.3) is 11.5 Å². The first-order valence-corrected chi connectivity index (χ1v) is 14.0. The van der Waals surface area contributed by atoms with Crippen molar-refractivity contribution in [2.24, 2.45) is 7.05 Å². The zero-order chi connectivity index (χ0) is 32.1. The first-order valence-electron chi connectivity index (χ1n) is 14.0. The van der Waals surface area contributed by atoms with Gasteiger partial charge < -0.3 is 20.1 Å². The van der Waals surface area contributed by atoms with E-state index in [0.29, 0.717) is 5.95 Å². The second-order valence-electron chi connectivity index (χ2n) is 10.8. The molecule has 0 bridgehead atoms. The third-order valence-electron chi connectivity index (χ3n) is 6.90. The van der Waals surface area contributed by atoms with E-state index >= 15 is 0 Å². The minimum absolute atomic E-state index is 0.106. The summed E-state index contributed by atoms with van der Waals surface area (Å²) >= 11 is 0. The molecule has 0 aliphatic heterocycles. The van der Waals surface area contributed by atoms with E-state index in [9.17, 15) is 23.2 Å². The average Bonchev–Trinajstić information content (AvgIpc) is 3.01. The number of carbonyl (C=O) groups is 1. The average molecular weight is 612 g/mol. The molecule has 12 heteroatoms. The first-order chi connectivity index (χ1) is 21.6. The minimum atomic E-state index is -1.10. The summed E-state index contributed by atoms with van der Waals surface area (Å²) in [5, 5.41) is 6.70. The lowest BCUT2D eigenvalue weighted by Crippen LogP contribution is -2.43. The van der Waals surface area contributed by atoms with Gasteiger partial charge in [-0.25, -0.2) is 23.5 Å². The fourth-order valence-corrected chi connectivity index (χ4v) is 4.69. The van der Waals surface area contributed by atoms with E-state index in [1.165, 1.54) is 18.7 Å². The molecule has 0 atom stereocenters. The van der Waals surface area contributed by atoms with Crippen molar-refractivity contribution in [1.29, 1.82) is 0 Å². The Morgan fingerprint density at radius 1 is 0.978 bits per heavy atom. The van der Waals surface area contributed by atoms with Gasteiger partial charge in [-0.3, -0.25) is 14.2 Å². The highest BCUT2D eigenvalue weighted by atomic mass is 19.2. The van der Waals surface area contributed by atoms with E-state index < -0.39 is 28.8 Å². The molecule has 0 unspecified atom stereocenters. The summed E-state index contributed by atoms with van der Waals surface area (Å²) in [5.74, 6) is -2.34. The molecular weight excluding hydrogens is 580 g/mol. The molecule has 45 heavy (non-hydrogen) atoms. The van der Waals surface area contributed by atoms with Gasteiger partial charge >= 0.3 is 5.69 Å². The molecule has 5 rings (SSSR count). The van der Waals surface area contributed by atoms with Gasteiger partial charge in [0, 0.05) is 43.6 Å². The van der Waals surface area contributed by atoms with E-state index in [-0.39, 0.29) is 24.2 Å². The maximum atomic E-state index is 13.6. The Bertz CT molecular complexity index is 2020. The Morgan fingerprint density at radius 3 is 2.47 bits per heavy atom. The molecule has 0 aliphatic rings. The summed E-state index contributed by atoms with van der Waals surface area (Å²) in [6, 6.07) is 16.9. The predicted octanol–water partition coefficient (Wildman–Crippen LogP) is 4.07. The van der Waals surface area contributed by atoms with E-state index in [1.807, 2.05) is 50.5 Å². The highest BCUT2D eigenvalue weighted by molar-refractivity contribution is 5.93. The van der Waals surface area contributed by atoms with Gasteiger partial charge in [-0.1, -0.05) is 36.4 Å². The normalized spacial score (nSPS) is 11.4. The SMILES string of the molecule is CN(C)Cc1ccc(Nc2ncc3cc(/C=C/CNC(=O)c4cn(C)c(=O)n(Cc5ccc(F)c(F)c5)c4=O)ccc3n2)cc1. The summed E-state index contributed by atoms with van der Waals surface area (Å²) < 4.78 is 28.8. The number of benzene rings is 3. The second-order valence-corrected chi connectivity index (χ2v) is 10.8. The van der Waals surface area contributed by atoms with Crippen LogP contribution in [0.2, 0.25) is 0 Å². The molecule has 2 N–H and O–H groups in total. The van der Waals surface area contributed by atoms with Gasteiger partial charge in [0.15, 0.2) is 11.6 Å². The van der Waals surface area contributed by atoms with Crippen LogP contribution in [-0.4, -0.2) is 50.5 Å². The highest BCUT2D eigenvalue weighted by Gasteiger charge is 2.17. The molecule has 0 saturated carbocycles. The van der Waals surface area contributed by atoms with E-state index in [4.69, 9.17) is 0 Å². The summed E-state index contributed by atoms with van der Waals surface area (Å²) in [5.41, 5.74) is 2.12. The molecule has 2 aromatic heterocycles. The zero-order valence-electron chi connectivity index (χ0n) is 24.9. The number of anilines is 2. The molecular formula is C33H31F2N7O3. The number of halogens is 2. The summed E-state index contributed by atoms with van der Waals surface area (Å²) in [7, 11) is 5.44. The van der Waals surface area contributed by atoms with Crippen LogP contribution >= 0.6 is 0 Å². The number of hydrogen-bond acceptors (Lipinski definition) is 7. The number of aromatic nitrogens is 4. The molecule has 230 valence electrons. The third kappa shape index (κ3) is 7.54. The monoisotopic (exact) mass is 611 g/mol. The molecule has 5 aromatic rings. The Labute approximate surface area is 257 Å². The van der Waals surface area contributed by atoms with Crippen molar-refractivity contribution < 1.29 is 13.6 Å². The quantitative estimate of drug-likeness (QED) is 0.245. The Morgan fingerprint density at radius 2 is 1.73 bits per heavy atom. The van der Waals surface area contributed by atoms with Crippen molar-refractivity contribution in [3.8, 4) is 0 Å². The predicted molar refractivity (Wildman–Crippen MR) is 169 cm³/mol. The number of rotatable bonds is 10. The molecule has 0 fully saturated rings. The summed E-state index contributed by atoms with van der Waals surface area (Å²) in [4.78, 5) is 49.5. The number of nitrogens with zero attached hydrogens (tertiary/aromatic N) is 5. The summed E-state index contributed by atoms with van der Waals surface area (Å²) in [6.07, 6.45) is 6.41. The Kier molecular flexibility index (Phi) is 9.24.